The summed E-state index contributed by atoms with van der Waals surface area (Å²) in [5.41, 5.74) is 21.4. The van der Waals surface area contributed by atoms with Gasteiger partial charge in [-0.15, -0.1) is 23.7 Å². The summed E-state index contributed by atoms with van der Waals surface area (Å²) < 4.78 is 1.53. The Bertz CT molecular complexity index is 1410. The third-order valence-electron chi connectivity index (χ3n) is 9.14. The first-order chi connectivity index (χ1) is 22.7. The van der Waals surface area contributed by atoms with Crippen molar-refractivity contribution in [1.29, 1.82) is 0 Å². The van der Waals surface area contributed by atoms with Gasteiger partial charge in [0.15, 0.2) is 0 Å². The van der Waals surface area contributed by atoms with Gasteiger partial charge in [0, 0.05) is 48.0 Å². The summed E-state index contributed by atoms with van der Waals surface area (Å²) in [5, 5.41) is 0. The molecule has 1 aliphatic rings. The monoisotopic (exact) mass is 616 g/mol. The number of hydrogen-bond acceptors (Lipinski definition) is 0. The summed E-state index contributed by atoms with van der Waals surface area (Å²) in [6.45, 7) is 9.00. The SMILES string of the molecule is CCCCCCCC#CCCc1ccccc1C1=C(CC)C(CCCC)=C(c2ccccc2CCC#CCCCCCCC)[N+]1=[N-]. The number of aryl methyl sites for hydroxylation is 2. The number of benzene rings is 2. The quantitative estimate of drug-likeness (QED) is 0.0803. The largest absolute Gasteiger partial charge is 0.493 e. The summed E-state index contributed by atoms with van der Waals surface area (Å²) in [4.78, 5) is 0. The van der Waals surface area contributed by atoms with Crippen LogP contribution in [0.4, 0.5) is 0 Å². The van der Waals surface area contributed by atoms with Crippen molar-refractivity contribution in [2.75, 3.05) is 0 Å². The van der Waals surface area contributed by atoms with Crippen molar-refractivity contribution in [2.24, 2.45) is 0 Å². The van der Waals surface area contributed by atoms with E-state index in [1.165, 1.54) is 91.2 Å². The number of allylic oxidation sites excluding steroid dienone is 2. The molecule has 1 aliphatic heterocycles. The molecule has 0 bridgehead atoms. The van der Waals surface area contributed by atoms with Crippen molar-refractivity contribution >= 4 is 11.4 Å². The molecule has 246 valence electrons. The van der Waals surface area contributed by atoms with Crippen LogP contribution in [0, 0.1) is 23.7 Å². The van der Waals surface area contributed by atoms with E-state index >= 15 is 0 Å². The Morgan fingerprint density at radius 1 is 0.478 bits per heavy atom. The van der Waals surface area contributed by atoms with E-state index in [9.17, 15) is 5.53 Å². The zero-order valence-electron chi connectivity index (χ0n) is 29.7. The minimum Gasteiger partial charge on any atom is -0.493 e. The van der Waals surface area contributed by atoms with Crippen LogP contribution in [0.1, 0.15) is 166 Å². The van der Waals surface area contributed by atoms with Crippen molar-refractivity contribution < 1.29 is 4.70 Å². The van der Waals surface area contributed by atoms with Gasteiger partial charge in [-0.05, 0) is 68.2 Å². The van der Waals surface area contributed by atoms with Crippen molar-refractivity contribution in [3.63, 3.8) is 0 Å². The molecule has 0 amide bonds. The third kappa shape index (κ3) is 11.5. The first-order valence-corrected chi connectivity index (χ1v) is 18.7. The molecular weight excluding hydrogens is 556 g/mol. The van der Waals surface area contributed by atoms with Gasteiger partial charge in [-0.25, -0.2) is 4.70 Å². The topological polar surface area (TPSA) is 25.3 Å². The molecule has 0 unspecified atom stereocenters. The number of unbranched alkanes of at least 4 members (excludes halogenated alkanes) is 11. The van der Waals surface area contributed by atoms with Gasteiger partial charge in [-0.2, -0.15) is 0 Å². The van der Waals surface area contributed by atoms with Gasteiger partial charge in [0.2, 0.25) is 11.4 Å². The minimum absolute atomic E-state index is 0.845. The summed E-state index contributed by atoms with van der Waals surface area (Å²) in [6.07, 6.45) is 22.4. The first kappa shape index (κ1) is 37.1. The second kappa shape index (κ2) is 22.2. The normalized spacial score (nSPS) is 12.7. The van der Waals surface area contributed by atoms with Crippen LogP contribution in [-0.2, 0) is 12.8 Å². The molecule has 0 radical (unpaired) electrons. The molecule has 1 heterocycles. The Morgan fingerprint density at radius 2 is 0.913 bits per heavy atom. The van der Waals surface area contributed by atoms with Crippen LogP contribution in [-0.4, -0.2) is 4.70 Å². The molecule has 0 fully saturated rings. The van der Waals surface area contributed by atoms with Crippen molar-refractivity contribution in [1.82, 2.24) is 0 Å². The lowest BCUT2D eigenvalue weighted by molar-refractivity contribution is -0.345. The zero-order valence-corrected chi connectivity index (χ0v) is 29.7. The van der Waals surface area contributed by atoms with Crippen LogP contribution in [0.2, 0.25) is 0 Å². The van der Waals surface area contributed by atoms with Crippen LogP contribution in [0.15, 0.2) is 59.7 Å². The maximum atomic E-state index is 12.1. The molecule has 0 saturated heterocycles. The predicted molar refractivity (Wildman–Crippen MR) is 199 cm³/mol. The molecule has 0 saturated carbocycles. The van der Waals surface area contributed by atoms with Gasteiger partial charge in [0.05, 0.1) is 0 Å². The Labute approximate surface area is 282 Å². The van der Waals surface area contributed by atoms with E-state index in [1.54, 1.807) is 0 Å². The maximum absolute atomic E-state index is 12.1. The molecule has 0 atom stereocenters. The smallest absolute Gasteiger partial charge is 0.211 e. The highest BCUT2D eigenvalue weighted by molar-refractivity contribution is 5.83. The third-order valence-corrected chi connectivity index (χ3v) is 9.14. The first-order valence-electron chi connectivity index (χ1n) is 18.7. The maximum Gasteiger partial charge on any atom is 0.211 e. The molecule has 0 aliphatic carbocycles. The number of hydrogen-bond donors (Lipinski definition) is 0. The highest BCUT2D eigenvalue weighted by Crippen LogP contribution is 2.45. The number of rotatable bonds is 20. The van der Waals surface area contributed by atoms with Crippen molar-refractivity contribution in [2.45, 2.75) is 156 Å². The molecule has 2 aromatic carbocycles. The molecular formula is C44H60N2. The minimum atomic E-state index is 0.845. The van der Waals surface area contributed by atoms with Crippen LogP contribution in [0.3, 0.4) is 0 Å². The Morgan fingerprint density at radius 3 is 1.39 bits per heavy atom. The van der Waals surface area contributed by atoms with Gasteiger partial charge in [0.1, 0.15) is 0 Å². The lowest BCUT2D eigenvalue weighted by Crippen LogP contribution is -2.06. The van der Waals surface area contributed by atoms with E-state index in [1.807, 2.05) is 0 Å². The fourth-order valence-electron chi connectivity index (χ4n) is 6.53. The molecule has 2 heteroatoms. The molecule has 3 rings (SSSR count). The van der Waals surface area contributed by atoms with E-state index in [0.29, 0.717) is 0 Å². The summed E-state index contributed by atoms with van der Waals surface area (Å²) in [5.74, 6) is 13.7. The van der Waals surface area contributed by atoms with Crippen molar-refractivity contribution in [3.8, 4) is 23.7 Å². The standard InChI is InChI=1S/C44H60N2/c1-5-9-12-14-16-18-20-22-24-30-37-32-26-28-35-40(37)43-39(8-4)42(34-11-7-3)44(46(43)45)41-36-29-27-33-38(41)31-25-23-21-19-17-15-13-10-6-2/h26-29,32-33,35-36H,5-19,24-25,30-31,34H2,1-4H3. The highest BCUT2D eigenvalue weighted by atomic mass is 15.2. The van der Waals surface area contributed by atoms with Crippen LogP contribution in [0.5, 0.6) is 0 Å². The van der Waals surface area contributed by atoms with Crippen LogP contribution >= 0.6 is 0 Å². The van der Waals surface area contributed by atoms with Crippen LogP contribution < -0.4 is 0 Å². The highest BCUT2D eigenvalue weighted by Gasteiger charge is 2.36. The van der Waals surface area contributed by atoms with E-state index in [-0.39, 0.29) is 0 Å². The second-order valence-electron chi connectivity index (χ2n) is 12.8. The molecule has 2 aromatic rings. The second-order valence-corrected chi connectivity index (χ2v) is 12.8. The van der Waals surface area contributed by atoms with Gasteiger partial charge >= 0.3 is 0 Å². The fraction of sp³-hybridized carbons (Fsp3) is 0.545. The van der Waals surface area contributed by atoms with Gasteiger partial charge in [0.25, 0.3) is 0 Å². The predicted octanol–water partition coefficient (Wildman–Crippen LogP) is 13.0. The summed E-state index contributed by atoms with van der Waals surface area (Å²) >= 11 is 0. The lowest BCUT2D eigenvalue weighted by Gasteiger charge is -2.14. The van der Waals surface area contributed by atoms with Gasteiger partial charge < -0.3 is 5.53 Å². The molecule has 46 heavy (non-hydrogen) atoms. The molecule has 0 N–H and O–H groups in total. The average Bonchev–Trinajstić information content (AvgIpc) is 3.36. The number of nitrogens with zero attached hydrogens (tertiary/aromatic N) is 2. The van der Waals surface area contributed by atoms with Gasteiger partial charge in [-0.3, -0.25) is 0 Å². The molecule has 2 nitrogen and oxygen atoms in total. The summed E-state index contributed by atoms with van der Waals surface area (Å²) in [7, 11) is 0. The van der Waals surface area contributed by atoms with Gasteiger partial charge in [-0.1, -0.05) is 122 Å². The van der Waals surface area contributed by atoms with Crippen molar-refractivity contribution in [3.05, 3.63) is 87.5 Å². The zero-order chi connectivity index (χ0) is 32.8. The lowest BCUT2D eigenvalue weighted by atomic mass is 9.91. The van der Waals surface area contributed by atoms with E-state index < -0.39 is 0 Å². The molecule has 0 spiro atoms. The van der Waals surface area contributed by atoms with E-state index in [2.05, 4.69) is 99.9 Å². The molecule has 0 aromatic heterocycles. The summed E-state index contributed by atoms with van der Waals surface area (Å²) in [6, 6.07) is 17.3. The van der Waals surface area contributed by atoms with E-state index in [4.69, 9.17) is 0 Å². The Kier molecular flexibility index (Phi) is 17.9. The van der Waals surface area contributed by atoms with Crippen LogP contribution in [0.25, 0.3) is 16.9 Å². The average molecular weight is 617 g/mol. The van der Waals surface area contributed by atoms with E-state index in [0.717, 1.165) is 86.7 Å². The Hall–Kier alpha value is -3.36. The Balaban J connectivity index is 1.81. The fourth-order valence-corrected chi connectivity index (χ4v) is 6.53.